The van der Waals surface area contributed by atoms with Crippen LogP contribution in [0.15, 0.2) is 72.8 Å². The Labute approximate surface area is 254 Å². The van der Waals surface area contributed by atoms with Gasteiger partial charge in [-0.1, -0.05) is 12.1 Å². The number of hydrogen-bond acceptors (Lipinski definition) is 11. The fraction of sp³-hybridized carbons (Fsp3) is 0.355. The molecule has 0 bridgehead atoms. The van der Waals surface area contributed by atoms with Gasteiger partial charge in [0, 0.05) is 30.0 Å². The lowest BCUT2D eigenvalue weighted by molar-refractivity contribution is -0.385. The van der Waals surface area contributed by atoms with Gasteiger partial charge in [0.2, 0.25) is 5.54 Å². The second kappa shape index (κ2) is 12.7. The van der Waals surface area contributed by atoms with Gasteiger partial charge in [-0.05, 0) is 82.1 Å². The topological polar surface area (TPSA) is 163 Å². The van der Waals surface area contributed by atoms with Gasteiger partial charge in [-0.3, -0.25) is 25.5 Å². The predicted octanol–water partition coefficient (Wildman–Crippen LogP) is 5.40. The van der Waals surface area contributed by atoms with Gasteiger partial charge in [0.25, 0.3) is 11.4 Å². The van der Waals surface area contributed by atoms with Crippen molar-refractivity contribution >= 4 is 29.0 Å². The van der Waals surface area contributed by atoms with Gasteiger partial charge < -0.3 is 19.1 Å². The number of benzene rings is 3. The van der Waals surface area contributed by atoms with Crippen LogP contribution in [-0.4, -0.2) is 46.1 Å². The summed E-state index contributed by atoms with van der Waals surface area (Å²) in [7, 11) is 0. The van der Waals surface area contributed by atoms with Crippen molar-refractivity contribution in [2.45, 2.75) is 58.0 Å². The molecule has 2 atom stereocenters. The Balaban J connectivity index is 2.00. The van der Waals surface area contributed by atoms with Crippen molar-refractivity contribution in [3.05, 3.63) is 104 Å². The summed E-state index contributed by atoms with van der Waals surface area (Å²) in [5.74, 6) is -1.25. The molecular formula is C31H34N4O9. The molecule has 13 nitrogen and oxygen atoms in total. The maximum Gasteiger partial charge on any atom is 0.340 e. The van der Waals surface area contributed by atoms with Crippen LogP contribution >= 0.6 is 0 Å². The van der Waals surface area contributed by atoms with Crippen LogP contribution in [0.5, 0.6) is 5.75 Å². The van der Waals surface area contributed by atoms with Crippen LogP contribution < -0.4 is 15.0 Å². The minimum Gasteiger partial charge on any atom is -0.488 e. The second-order valence-corrected chi connectivity index (χ2v) is 11.0. The van der Waals surface area contributed by atoms with Crippen LogP contribution in [0.3, 0.4) is 0 Å². The molecule has 1 heterocycles. The lowest BCUT2D eigenvalue weighted by Crippen LogP contribution is -2.60. The first kappa shape index (κ1) is 31.9. The lowest BCUT2D eigenvalue weighted by atomic mass is 9.85. The minimum atomic E-state index is -2.14. The molecule has 0 unspecified atom stereocenters. The summed E-state index contributed by atoms with van der Waals surface area (Å²) in [6, 6.07) is 17.1. The number of non-ortho nitro benzene ring substituents is 2. The smallest absolute Gasteiger partial charge is 0.340 e. The normalized spacial score (nSPS) is 17.5. The van der Waals surface area contributed by atoms with Crippen LogP contribution in [-0.2, 0) is 19.1 Å². The maximum atomic E-state index is 13.9. The fourth-order valence-electron chi connectivity index (χ4n) is 5.19. The van der Waals surface area contributed by atoms with E-state index in [0.29, 0.717) is 22.6 Å². The summed E-state index contributed by atoms with van der Waals surface area (Å²) in [5.41, 5.74) is -1.52. The first-order chi connectivity index (χ1) is 20.8. The van der Waals surface area contributed by atoms with E-state index in [1.807, 2.05) is 20.8 Å². The fourth-order valence-corrected chi connectivity index (χ4v) is 5.19. The van der Waals surface area contributed by atoms with Crippen LogP contribution in [0.25, 0.3) is 0 Å². The molecule has 1 fully saturated rings. The molecule has 0 aliphatic carbocycles. The standard InChI is InChI=1S/C31H34N4O9/c1-6-42-28(36)31(29(37)43-7-2)26(20-8-12-23(13-9-20)34(38)39)33(22-16-18-25(19-17-22)44-30(3,4)5)27(32-31)21-10-14-24(15-11-21)35(40)41/h8-19,26-27,32H,6-7H2,1-5H3/t26-,27+/m0/s1. The number of carbonyl (C=O) groups is 2. The van der Waals surface area contributed by atoms with Crippen LogP contribution in [0.2, 0.25) is 0 Å². The molecule has 1 saturated heterocycles. The van der Waals surface area contributed by atoms with Crippen LogP contribution in [0, 0.1) is 20.2 Å². The van der Waals surface area contributed by atoms with E-state index >= 15 is 0 Å². The Morgan fingerprint density at radius 2 is 1.25 bits per heavy atom. The minimum absolute atomic E-state index is 0.0459. The zero-order chi connectivity index (χ0) is 32.2. The number of ether oxygens (including phenoxy) is 3. The van der Waals surface area contributed by atoms with Crippen molar-refractivity contribution in [1.29, 1.82) is 0 Å². The van der Waals surface area contributed by atoms with Gasteiger partial charge in [0.1, 0.15) is 17.5 Å². The van der Waals surface area contributed by atoms with Crippen molar-refractivity contribution in [3.63, 3.8) is 0 Å². The van der Waals surface area contributed by atoms with E-state index in [9.17, 15) is 29.8 Å². The summed E-state index contributed by atoms with van der Waals surface area (Å²) < 4.78 is 16.9. The summed E-state index contributed by atoms with van der Waals surface area (Å²) in [6.07, 6.45) is -0.917. The largest absolute Gasteiger partial charge is 0.488 e. The third-order valence-corrected chi connectivity index (χ3v) is 6.92. The SMILES string of the molecule is CCOC(=O)C1(C(=O)OCC)N[C@@H](c2ccc([N+](=O)[O-])cc2)N(c2ccc(OC(C)(C)C)cc2)[C@H]1c1ccc([N+](=O)[O-])cc1. The molecule has 3 aromatic carbocycles. The Kier molecular flexibility index (Phi) is 9.19. The van der Waals surface area contributed by atoms with Crippen LogP contribution in [0.1, 0.15) is 58.0 Å². The molecule has 232 valence electrons. The van der Waals surface area contributed by atoms with E-state index in [2.05, 4.69) is 5.32 Å². The van der Waals surface area contributed by atoms with E-state index in [-0.39, 0.29) is 24.6 Å². The molecule has 0 spiro atoms. The quantitative estimate of drug-likeness (QED) is 0.136. The highest BCUT2D eigenvalue weighted by Gasteiger charge is 2.64. The molecular weight excluding hydrogens is 572 g/mol. The molecule has 0 aromatic heterocycles. The van der Waals surface area contributed by atoms with Crippen LogP contribution in [0.4, 0.5) is 17.1 Å². The van der Waals surface area contributed by atoms with E-state index < -0.39 is 45.1 Å². The molecule has 0 saturated carbocycles. The first-order valence-corrected chi connectivity index (χ1v) is 14.0. The van der Waals surface area contributed by atoms with Gasteiger partial charge in [-0.2, -0.15) is 0 Å². The molecule has 1 N–H and O–H groups in total. The Bertz CT molecular complexity index is 1500. The number of hydrogen-bond donors (Lipinski definition) is 1. The highest BCUT2D eigenvalue weighted by molar-refractivity contribution is 6.07. The van der Waals surface area contributed by atoms with Gasteiger partial charge in [0.05, 0.1) is 29.1 Å². The zero-order valence-corrected chi connectivity index (χ0v) is 25.0. The molecule has 1 aliphatic rings. The lowest BCUT2D eigenvalue weighted by Gasteiger charge is -2.35. The maximum absolute atomic E-state index is 13.9. The molecule has 3 aromatic rings. The third kappa shape index (κ3) is 6.32. The number of anilines is 1. The van der Waals surface area contributed by atoms with E-state index in [1.165, 1.54) is 48.5 Å². The number of rotatable bonds is 10. The summed E-state index contributed by atoms with van der Waals surface area (Å²) in [5, 5.41) is 26.0. The Morgan fingerprint density at radius 3 is 1.66 bits per heavy atom. The van der Waals surface area contributed by atoms with Crippen molar-refractivity contribution in [2.24, 2.45) is 0 Å². The average molecular weight is 607 g/mol. The first-order valence-electron chi connectivity index (χ1n) is 14.0. The van der Waals surface area contributed by atoms with Gasteiger partial charge >= 0.3 is 11.9 Å². The van der Waals surface area contributed by atoms with E-state index in [0.717, 1.165) is 0 Å². The highest BCUT2D eigenvalue weighted by atomic mass is 16.6. The van der Waals surface area contributed by atoms with Gasteiger partial charge in [-0.15, -0.1) is 0 Å². The molecule has 0 amide bonds. The number of nitrogens with one attached hydrogen (secondary N) is 1. The molecule has 1 aliphatic heterocycles. The Morgan fingerprint density at radius 1 is 0.795 bits per heavy atom. The number of carbonyl (C=O) groups excluding carboxylic acids is 2. The number of esters is 2. The molecule has 0 radical (unpaired) electrons. The van der Waals surface area contributed by atoms with Gasteiger partial charge in [0.15, 0.2) is 0 Å². The summed E-state index contributed by atoms with van der Waals surface area (Å²) in [6.45, 7) is 8.85. The number of nitro groups is 2. The third-order valence-electron chi connectivity index (χ3n) is 6.92. The summed E-state index contributed by atoms with van der Waals surface area (Å²) in [4.78, 5) is 51.4. The molecule has 44 heavy (non-hydrogen) atoms. The van der Waals surface area contributed by atoms with Crippen molar-refractivity contribution in [3.8, 4) is 5.75 Å². The molecule has 4 rings (SSSR count). The number of nitro benzene ring substituents is 2. The monoisotopic (exact) mass is 606 g/mol. The zero-order valence-electron chi connectivity index (χ0n) is 25.0. The second-order valence-electron chi connectivity index (χ2n) is 11.0. The van der Waals surface area contributed by atoms with E-state index in [4.69, 9.17) is 14.2 Å². The van der Waals surface area contributed by atoms with Gasteiger partial charge in [-0.25, -0.2) is 9.59 Å². The molecule has 13 heteroatoms. The van der Waals surface area contributed by atoms with Crippen molar-refractivity contribution < 1.29 is 33.6 Å². The van der Waals surface area contributed by atoms with Crippen molar-refractivity contribution in [2.75, 3.05) is 18.1 Å². The Hall–Kier alpha value is -5.04. The van der Waals surface area contributed by atoms with E-state index in [1.54, 1.807) is 43.0 Å². The predicted molar refractivity (Wildman–Crippen MR) is 160 cm³/mol. The average Bonchev–Trinajstić information content (AvgIpc) is 3.34. The number of nitrogens with zero attached hydrogens (tertiary/aromatic N) is 3. The van der Waals surface area contributed by atoms with Crippen molar-refractivity contribution in [1.82, 2.24) is 5.32 Å². The highest BCUT2D eigenvalue weighted by Crippen LogP contribution is 2.49. The summed E-state index contributed by atoms with van der Waals surface area (Å²) >= 11 is 0.